The minimum atomic E-state index is -0.558. The van der Waals surface area contributed by atoms with Gasteiger partial charge in [0.25, 0.3) is 0 Å². The van der Waals surface area contributed by atoms with Crippen LogP contribution in [0.2, 0.25) is 0 Å². The molecular weight excluding hydrogens is 418 g/mol. The molecule has 7 nitrogen and oxygen atoms in total. The van der Waals surface area contributed by atoms with Gasteiger partial charge in [-0.3, -0.25) is 9.59 Å². The zero-order valence-electron chi connectivity index (χ0n) is 19.0. The van der Waals surface area contributed by atoms with Crippen LogP contribution in [0.15, 0.2) is 48.5 Å². The normalized spacial score (nSPS) is 21.1. The Labute approximate surface area is 192 Å². The van der Waals surface area contributed by atoms with E-state index in [-0.39, 0.29) is 24.4 Å². The molecule has 1 fully saturated rings. The number of amides is 2. The highest BCUT2D eigenvalue weighted by Crippen LogP contribution is 2.42. The van der Waals surface area contributed by atoms with E-state index in [2.05, 4.69) is 11.1 Å². The molecule has 2 amide bonds. The lowest BCUT2D eigenvalue weighted by molar-refractivity contribution is -0.160. The molecule has 3 heterocycles. The van der Waals surface area contributed by atoms with E-state index in [1.54, 1.807) is 21.9 Å². The maximum Gasteiger partial charge on any atom is 0.337 e. The predicted octanol–water partition coefficient (Wildman–Crippen LogP) is 3.44. The summed E-state index contributed by atoms with van der Waals surface area (Å²) in [4.78, 5) is 46.0. The van der Waals surface area contributed by atoms with Crippen molar-refractivity contribution in [1.82, 2.24) is 14.8 Å². The van der Waals surface area contributed by atoms with Crippen molar-refractivity contribution in [2.75, 3.05) is 13.7 Å². The van der Waals surface area contributed by atoms with Crippen LogP contribution in [0.25, 0.3) is 10.9 Å². The van der Waals surface area contributed by atoms with Crippen LogP contribution in [-0.2, 0) is 20.7 Å². The molecule has 0 bridgehead atoms. The summed E-state index contributed by atoms with van der Waals surface area (Å²) in [5, 5.41) is 1.07. The number of aromatic amines is 1. The molecule has 1 saturated heterocycles. The highest BCUT2D eigenvalue weighted by molar-refractivity contribution is 5.98. The number of ether oxygens (including phenoxy) is 1. The van der Waals surface area contributed by atoms with Crippen LogP contribution in [0.1, 0.15) is 53.5 Å². The predicted molar refractivity (Wildman–Crippen MR) is 124 cm³/mol. The summed E-state index contributed by atoms with van der Waals surface area (Å²) in [5.74, 6) is -0.481. The Hall–Kier alpha value is -3.61. The van der Waals surface area contributed by atoms with Gasteiger partial charge in [-0.05, 0) is 42.7 Å². The summed E-state index contributed by atoms with van der Waals surface area (Å²) in [6.45, 7) is 4.10. The standard InChI is InChI=1S/C26H27N3O4/c1-4-15(2)28-14-22(30)29-21(25(28)31)13-19-18-7-5-6-8-20(18)27-23(19)24(29)16-9-11-17(12-10-16)26(32)33-3/h5-12,15,21,24,27H,4,13-14H2,1-3H3/t15?,21-,24?/m0/s1. The number of aromatic nitrogens is 1. The van der Waals surface area contributed by atoms with Crippen LogP contribution >= 0.6 is 0 Å². The molecule has 5 rings (SSSR count). The van der Waals surface area contributed by atoms with Crippen LogP contribution in [0.4, 0.5) is 0 Å². The van der Waals surface area contributed by atoms with Crippen molar-refractivity contribution in [3.05, 3.63) is 70.9 Å². The maximum atomic E-state index is 13.6. The third-order valence-electron chi connectivity index (χ3n) is 7.06. The van der Waals surface area contributed by atoms with Gasteiger partial charge in [0.1, 0.15) is 12.6 Å². The van der Waals surface area contributed by atoms with E-state index in [0.717, 1.165) is 34.1 Å². The van der Waals surface area contributed by atoms with Crippen molar-refractivity contribution in [1.29, 1.82) is 0 Å². The number of rotatable bonds is 4. The van der Waals surface area contributed by atoms with Gasteiger partial charge in [0.2, 0.25) is 11.8 Å². The molecule has 170 valence electrons. The smallest absolute Gasteiger partial charge is 0.337 e. The molecular formula is C26H27N3O4. The molecule has 3 atom stereocenters. The van der Waals surface area contributed by atoms with Crippen molar-refractivity contribution >= 4 is 28.7 Å². The highest BCUT2D eigenvalue weighted by atomic mass is 16.5. The number of carbonyl (C=O) groups is 3. The van der Waals surface area contributed by atoms with Gasteiger partial charge >= 0.3 is 5.97 Å². The van der Waals surface area contributed by atoms with Gasteiger partial charge in [0.15, 0.2) is 0 Å². The second-order valence-corrected chi connectivity index (χ2v) is 8.82. The van der Waals surface area contributed by atoms with Gasteiger partial charge in [0.05, 0.1) is 18.7 Å². The second kappa shape index (κ2) is 8.06. The van der Waals surface area contributed by atoms with Gasteiger partial charge in [-0.15, -0.1) is 0 Å². The van der Waals surface area contributed by atoms with Crippen LogP contribution in [-0.4, -0.2) is 58.3 Å². The van der Waals surface area contributed by atoms with Crippen LogP contribution < -0.4 is 0 Å². The molecule has 2 unspecified atom stereocenters. The van der Waals surface area contributed by atoms with Crippen molar-refractivity contribution in [3.8, 4) is 0 Å². The van der Waals surface area contributed by atoms with E-state index in [1.807, 2.05) is 44.2 Å². The summed E-state index contributed by atoms with van der Waals surface area (Å²) in [7, 11) is 1.35. The average molecular weight is 446 g/mol. The lowest BCUT2D eigenvalue weighted by atomic mass is 9.85. The number of carbonyl (C=O) groups excluding carboxylic acids is 3. The summed E-state index contributed by atoms with van der Waals surface area (Å²) in [5.41, 5.74) is 4.27. The molecule has 1 N–H and O–H groups in total. The van der Waals surface area contributed by atoms with Crippen LogP contribution in [0.5, 0.6) is 0 Å². The number of methoxy groups -OCH3 is 1. The SMILES string of the molecule is CCC(C)N1CC(=O)N2C(c3ccc(C(=O)OC)cc3)c3[nH]c4ccccc4c3C[C@H]2C1=O. The largest absolute Gasteiger partial charge is 0.465 e. The summed E-state index contributed by atoms with van der Waals surface area (Å²) >= 11 is 0. The fourth-order valence-corrected chi connectivity index (χ4v) is 5.15. The van der Waals surface area contributed by atoms with Crippen LogP contribution in [0.3, 0.4) is 0 Å². The lowest BCUT2D eigenvalue weighted by Crippen LogP contribution is -2.64. The molecule has 2 aliphatic rings. The van der Waals surface area contributed by atoms with E-state index < -0.39 is 18.1 Å². The van der Waals surface area contributed by atoms with Gasteiger partial charge in [-0.2, -0.15) is 0 Å². The first-order valence-corrected chi connectivity index (χ1v) is 11.3. The molecule has 0 spiro atoms. The zero-order chi connectivity index (χ0) is 23.3. The number of fused-ring (bicyclic) bond motifs is 4. The number of nitrogens with one attached hydrogen (secondary N) is 1. The Kier molecular flexibility index (Phi) is 5.19. The number of hydrogen-bond donors (Lipinski definition) is 1. The number of esters is 1. The quantitative estimate of drug-likeness (QED) is 0.624. The molecule has 2 aliphatic heterocycles. The Morgan fingerprint density at radius 1 is 1.15 bits per heavy atom. The number of benzene rings is 2. The van der Waals surface area contributed by atoms with Crippen molar-refractivity contribution in [3.63, 3.8) is 0 Å². The third-order valence-corrected chi connectivity index (χ3v) is 7.06. The maximum absolute atomic E-state index is 13.6. The van der Waals surface area contributed by atoms with Gasteiger partial charge in [-0.25, -0.2) is 4.79 Å². The molecule has 0 aliphatic carbocycles. The molecule has 0 radical (unpaired) electrons. The summed E-state index contributed by atoms with van der Waals surface area (Å²) in [6.07, 6.45) is 1.27. The zero-order valence-corrected chi connectivity index (χ0v) is 19.0. The highest BCUT2D eigenvalue weighted by Gasteiger charge is 2.48. The minimum Gasteiger partial charge on any atom is -0.465 e. The van der Waals surface area contributed by atoms with Crippen LogP contribution in [0, 0.1) is 0 Å². The summed E-state index contributed by atoms with van der Waals surface area (Å²) in [6, 6.07) is 14.1. The topological polar surface area (TPSA) is 82.7 Å². The number of piperazine rings is 1. The van der Waals surface area contributed by atoms with E-state index in [0.29, 0.717) is 12.0 Å². The molecule has 3 aromatic rings. The Bertz CT molecular complexity index is 1250. The van der Waals surface area contributed by atoms with E-state index in [1.165, 1.54) is 7.11 Å². The second-order valence-electron chi connectivity index (χ2n) is 8.82. The fourth-order valence-electron chi connectivity index (χ4n) is 5.15. The van der Waals surface area contributed by atoms with E-state index in [9.17, 15) is 14.4 Å². The number of H-pyrrole nitrogens is 1. The average Bonchev–Trinajstić information content (AvgIpc) is 3.22. The van der Waals surface area contributed by atoms with Crippen molar-refractivity contribution in [2.45, 2.75) is 44.8 Å². The van der Waals surface area contributed by atoms with Crippen molar-refractivity contribution < 1.29 is 19.1 Å². The first-order valence-electron chi connectivity index (χ1n) is 11.3. The number of para-hydroxylation sites is 1. The lowest BCUT2D eigenvalue weighted by Gasteiger charge is -2.48. The monoisotopic (exact) mass is 445 g/mol. The van der Waals surface area contributed by atoms with Gasteiger partial charge in [-0.1, -0.05) is 37.3 Å². The number of hydrogen-bond acceptors (Lipinski definition) is 4. The molecule has 0 saturated carbocycles. The van der Waals surface area contributed by atoms with E-state index >= 15 is 0 Å². The van der Waals surface area contributed by atoms with Gasteiger partial charge < -0.3 is 19.5 Å². The third kappa shape index (κ3) is 3.30. The molecule has 7 heteroatoms. The first kappa shape index (κ1) is 21.2. The fraction of sp³-hybridized carbons (Fsp3) is 0.346. The van der Waals surface area contributed by atoms with Crippen molar-refractivity contribution in [2.24, 2.45) is 0 Å². The van der Waals surface area contributed by atoms with Gasteiger partial charge in [0, 0.05) is 29.1 Å². The Morgan fingerprint density at radius 3 is 2.58 bits per heavy atom. The minimum absolute atomic E-state index is 0.00365. The molecule has 33 heavy (non-hydrogen) atoms. The molecule has 1 aromatic heterocycles. The first-order chi connectivity index (χ1) is 15.9. The summed E-state index contributed by atoms with van der Waals surface area (Å²) < 4.78 is 4.82. The van der Waals surface area contributed by atoms with E-state index in [4.69, 9.17) is 4.74 Å². The Balaban J connectivity index is 1.66. The molecule has 2 aromatic carbocycles. The number of nitrogens with zero attached hydrogens (tertiary/aromatic N) is 2. The Morgan fingerprint density at radius 2 is 1.88 bits per heavy atom.